The standard InChI is InChI=1S/C10H8Cl2N2OS2/c1-16-10(14-5-13)17-6-15-9-4-7(11)2-3-8(9)12/h2-4H,6H2,1H3. The maximum atomic E-state index is 8.42. The third kappa shape index (κ3) is 5.09. The highest BCUT2D eigenvalue weighted by Crippen LogP contribution is 2.28. The third-order valence-corrected chi connectivity index (χ3v) is 4.02. The van der Waals surface area contributed by atoms with E-state index in [1.54, 1.807) is 24.4 Å². The van der Waals surface area contributed by atoms with Crippen LogP contribution in [0.2, 0.25) is 10.0 Å². The van der Waals surface area contributed by atoms with Crippen LogP contribution in [0.5, 0.6) is 5.75 Å². The Bertz CT molecular complexity index is 460. The summed E-state index contributed by atoms with van der Waals surface area (Å²) in [7, 11) is 0. The fourth-order valence-corrected chi connectivity index (χ4v) is 2.38. The van der Waals surface area contributed by atoms with Crippen molar-refractivity contribution >= 4 is 51.1 Å². The normalized spacial score (nSPS) is 11.1. The molecule has 0 bridgehead atoms. The summed E-state index contributed by atoms with van der Waals surface area (Å²) in [6.45, 7) is 0. The van der Waals surface area contributed by atoms with E-state index in [1.165, 1.54) is 23.5 Å². The summed E-state index contributed by atoms with van der Waals surface area (Å²) in [6.07, 6.45) is 3.57. The van der Waals surface area contributed by atoms with Crippen LogP contribution in [-0.2, 0) is 0 Å². The van der Waals surface area contributed by atoms with Gasteiger partial charge in [0.1, 0.15) is 16.1 Å². The van der Waals surface area contributed by atoms with Crippen LogP contribution in [0.15, 0.2) is 23.2 Å². The molecule has 0 aromatic heterocycles. The second-order valence-corrected chi connectivity index (χ2v) is 5.47. The smallest absolute Gasteiger partial charge is 0.207 e. The lowest BCUT2D eigenvalue weighted by Gasteiger charge is -2.07. The number of benzene rings is 1. The van der Waals surface area contributed by atoms with Gasteiger partial charge in [0.05, 0.1) is 5.02 Å². The fraction of sp³-hybridized carbons (Fsp3) is 0.200. The Kier molecular flexibility index (Phi) is 6.60. The number of nitriles is 1. The number of rotatable bonds is 3. The van der Waals surface area contributed by atoms with Gasteiger partial charge in [-0.15, -0.1) is 11.8 Å². The molecule has 0 amide bonds. The molecule has 0 saturated carbocycles. The Morgan fingerprint density at radius 1 is 1.53 bits per heavy atom. The van der Waals surface area contributed by atoms with Crippen molar-refractivity contribution in [1.29, 1.82) is 5.26 Å². The van der Waals surface area contributed by atoms with Gasteiger partial charge in [-0.05, 0) is 18.4 Å². The Hall–Kier alpha value is -0.540. The molecule has 0 aliphatic rings. The van der Waals surface area contributed by atoms with Gasteiger partial charge >= 0.3 is 0 Å². The molecule has 0 aliphatic heterocycles. The molecule has 0 fully saturated rings. The van der Waals surface area contributed by atoms with Gasteiger partial charge in [0.2, 0.25) is 6.19 Å². The topological polar surface area (TPSA) is 45.4 Å². The van der Waals surface area contributed by atoms with E-state index in [1.807, 2.05) is 6.26 Å². The zero-order valence-corrected chi connectivity index (χ0v) is 12.0. The summed E-state index contributed by atoms with van der Waals surface area (Å²) in [5, 5.41) is 9.48. The first-order chi connectivity index (χ1) is 8.17. The van der Waals surface area contributed by atoms with E-state index in [0.29, 0.717) is 26.1 Å². The first kappa shape index (κ1) is 14.5. The lowest BCUT2D eigenvalue weighted by atomic mass is 10.3. The lowest BCUT2D eigenvalue weighted by molar-refractivity contribution is 0.394. The molecule has 3 nitrogen and oxygen atoms in total. The molecule has 1 rings (SSSR count). The maximum absolute atomic E-state index is 8.42. The summed E-state index contributed by atoms with van der Waals surface area (Å²) in [5.41, 5.74) is 0. The lowest BCUT2D eigenvalue weighted by Crippen LogP contribution is -1.96. The summed E-state index contributed by atoms with van der Waals surface area (Å²) in [6, 6.07) is 5.00. The van der Waals surface area contributed by atoms with E-state index < -0.39 is 0 Å². The highest BCUT2D eigenvalue weighted by molar-refractivity contribution is 8.38. The van der Waals surface area contributed by atoms with Gasteiger partial charge in [0.25, 0.3) is 0 Å². The van der Waals surface area contributed by atoms with Crippen LogP contribution in [0.1, 0.15) is 0 Å². The van der Waals surface area contributed by atoms with E-state index in [4.69, 9.17) is 33.2 Å². The largest absolute Gasteiger partial charge is 0.481 e. The SMILES string of the molecule is CSC(=NC#N)SCOc1cc(Cl)ccc1Cl. The summed E-state index contributed by atoms with van der Waals surface area (Å²) < 4.78 is 6.08. The zero-order chi connectivity index (χ0) is 12.7. The molecular formula is C10H8Cl2N2OS2. The second kappa shape index (κ2) is 7.72. The molecule has 0 N–H and O–H groups in total. The molecule has 0 atom stereocenters. The van der Waals surface area contributed by atoms with Gasteiger partial charge in [-0.25, -0.2) is 0 Å². The number of thioether (sulfide) groups is 2. The van der Waals surface area contributed by atoms with Crippen molar-refractivity contribution < 1.29 is 4.74 Å². The van der Waals surface area contributed by atoms with Gasteiger partial charge in [-0.2, -0.15) is 10.3 Å². The van der Waals surface area contributed by atoms with Crippen LogP contribution in [-0.4, -0.2) is 16.6 Å². The van der Waals surface area contributed by atoms with E-state index in [2.05, 4.69) is 4.99 Å². The van der Waals surface area contributed by atoms with Crippen LogP contribution >= 0.6 is 46.7 Å². The molecule has 90 valence electrons. The average Bonchev–Trinajstić information content (AvgIpc) is 2.32. The van der Waals surface area contributed by atoms with Crippen molar-refractivity contribution in [3.8, 4) is 11.9 Å². The minimum absolute atomic E-state index is 0.321. The van der Waals surface area contributed by atoms with E-state index in [0.717, 1.165) is 0 Å². The van der Waals surface area contributed by atoms with Crippen LogP contribution < -0.4 is 4.74 Å². The highest BCUT2D eigenvalue weighted by atomic mass is 35.5. The molecule has 0 saturated heterocycles. The molecule has 17 heavy (non-hydrogen) atoms. The number of halogens is 2. The Labute approximate surface area is 118 Å². The van der Waals surface area contributed by atoms with E-state index in [9.17, 15) is 0 Å². The minimum atomic E-state index is 0.321. The summed E-state index contributed by atoms with van der Waals surface area (Å²) >= 11 is 14.5. The molecule has 0 unspecified atom stereocenters. The van der Waals surface area contributed by atoms with Gasteiger partial charge < -0.3 is 4.74 Å². The van der Waals surface area contributed by atoms with Crippen LogP contribution in [0.4, 0.5) is 0 Å². The molecular weight excluding hydrogens is 299 g/mol. The van der Waals surface area contributed by atoms with Crippen LogP contribution in [0.25, 0.3) is 0 Å². The molecule has 1 aromatic rings. The van der Waals surface area contributed by atoms with Gasteiger partial charge in [-0.3, -0.25) is 0 Å². The third-order valence-electron chi connectivity index (χ3n) is 1.61. The number of ether oxygens (including phenoxy) is 1. The predicted molar refractivity (Wildman–Crippen MR) is 76.1 cm³/mol. The Morgan fingerprint density at radius 2 is 2.29 bits per heavy atom. The summed E-state index contributed by atoms with van der Waals surface area (Å²) in [4.78, 5) is 3.62. The number of nitrogens with zero attached hydrogens (tertiary/aromatic N) is 2. The number of hydrogen-bond donors (Lipinski definition) is 0. The van der Waals surface area contributed by atoms with Crippen molar-refractivity contribution in [3.63, 3.8) is 0 Å². The summed E-state index contributed by atoms with van der Waals surface area (Å²) in [5.74, 6) is 0.839. The molecule has 0 heterocycles. The molecule has 0 spiro atoms. The van der Waals surface area contributed by atoms with Crippen molar-refractivity contribution in [2.24, 2.45) is 4.99 Å². The monoisotopic (exact) mass is 306 g/mol. The second-order valence-electron chi connectivity index (χ2n) is 2.66. The maximum Gasteiger partial charge on any atom is 0.207 e. The van der Waals surface area contributed by atoms with Crippen molar-refractivity contribution in [3.05, 3.63) is 28.2 Å². The Morgan fingerprint density at radius 3 is 2.94 bits per heavy atom. The fourth-order valence-electron chi connectivity index (χ4n) is 0.909. The van der Waals surface area contributed by atoms with Crippen LogP contribution in [0.3, 0.4) is 0 Å². The van der Waals surface area contributed by atoms with Gasteiger partial charge in [0, 0.05) is 11.1 Å². The number of aliphatic imine (C=N–C) groups is 1. The highest BCUT2D eigenvalue weighted by Gasteiger charge is 2.04. The van der Waals surface area contributed by atoms with Gasteiger partial charge in [0.15, 0.2) is 0 Å². The van der Waals surface area contributed by atoms with Crippen molar-refractivity contribution in [1.82, 2.24) is 0 Å². The molecule has 7 heteroatoms. The van der Waals surface area contributed by atoms with Crippen molar-refractivity contribution in [2.75, 3.05) is 12.2 Å². The zero-order valence-electron chi connectivity index (χ0n) is 8.81. The minimum Gasteiger partial charge on any atom is -0.481 e. The van der Waals surface area contributed by atoms with E-state index >= 15 is 0 Å². The van der Waals surface area contributed by atoms with Crippen LogP contribution in [0, 0.1) is 11.5 Å². The van der Waals surface area contributed by atoms with Crippen molar-refractivity contribution in [2.45, 2.75) is 0 Å². The quantitative estimate of drug-likeness (QED) is 0.362. The molecule has 0 aliphatic carbocycles. The number of hydrogen-bond acceptors (Lipinski definition) is 5. The predicted octanol–water partition coefficient (Wildman–Crippen LogP) is 4.26. The molecule has 0 radical (unpaired) electrons. The molecule has 1 aromatic carbocycles. The first-order valence-electron chi connectivity index (χ1n) is 4.38. The van der Waals surface area contributed by atoms with E-state index in [-0.39, 0.29) is 0 Å². The average molecular weight is 307 g/mol. The Balaban J connectivity index is 2.54. The first-order valence-corrected chi connectivity index (χ1v) is 7.35. The van der Waals surface area contributed by atoms with Gasteiger partial charge in [-0.1, -0.05) is 35.0 Å².